The number of amides is 2. The number of para-hydroxylation sites is 1. The van der Waals surface area contributed by atoms with Crippen LogP contribution in [0, 0.1) is 5.92 Å². The van der Waals surface area contributed by atoms with Gasteiger partial charge in [0.05, 0.1) is 6.42 Å². The molecule has 2 aromatic carbocycles. The number of likely N-dealkylation sites (N-methyl/N-ethyl adjacent to an activating group) is 1. The van der Waals surface area contributed by atoms with Crippen LogP contribution in [0.15, 0.2) is 54.6 Å². The Morgan fingerprint density at radius 1 is 1.04 bits per heavy atom. The second kappa shape index (κ2) is 11.4. The Bertz CT molecular complexity index is 720. The zero-order valence-electron chi connectivity index (χ0n) is 16.1. The Kier molecular flexibility index (Phi) is 9.54. The lowest BCUT2D eigenvalue weighted by atomic mass is 10.1. The highest BCUT2D eigenvalue weighted by Crippen LogP contribution is 2.16. The molecule has 0 aliphatic heterocycles. The van der Waals surface area contributed by atoms with Crippen molar-refractivity contribution in [3.05, 3.63) is 60.2 Å². The highest BCUT2D eigenvalue weighted by Gasteiger charge is 2.15. The van der Waals surface area contributed by atoms with Gasteiger partial charge in [-0.25, -0.2) is 0 Å². The van der Waals surface area contributed by atoms with E-state index in [0.29, 0.717) is 19.5 Å². The number of carbonyl (C=O) groups is 2. The van der Waals surface area contributed by atoms with Gasteiger partial charge >= 0.3 is 0 Å². The normalized spacial score (nSPS) is 11.2. The van der Waals surface area contributed by atoms with Crippen molar-refractivity contribution in [3.63, 3.8) is 0 Å². The monoisotopic (exact) mass is 389 g/mol. The van der Waals surface area contributed by atoms with E-state index in [9.17, 15) is 9.59 Å². The van der Waals surface area contributed by atoms with Crippen LogP contribution in [-0.4, -0.2) is 32.0 Å². The first-order valence-corrected chi connectivity index (χ1v) is 8.95. The minimum Gasteiger partial charge on any atom is -0.326 e. The van der Waals surface area contributed by atoms with E-state index in [-0.39, 0.29) is 30.1 Å². The van der Waals surface area contributed by atoms with Gasteiger partial charge in [0.2, 0.25) is 11.8 Å². The standard InChI is InChI=1S/C21H27N3O2.ClH/c1-4-24(19-8-6-5-7-9-19)20(25)14-17-10-12-18(13-11-17)23-21(26)16(2)15-22-3;/h5-13,16,22H,4,14-15H2,1-3H3,(H,23,26);1H. The van der Waals surface area contributed by atoms with E-state index in [2.05, 4.69) is 10.6 Å². The van der Waals surface area contributed by atoms with Gasteiger partial charge in [-0.15, -0.1) is 12.4 Å². The lowest BCUT2D eigenvalue weighted by Crippen LogP contribution is -2.31. The Morgan fingerprint density at radius 3 is 2.22 bits per heavy atom. The molecule has 0 aromatic heterocycles. The number of halogens is 1. The molecule has 0 fully saturated rings. The number of anilines is 2. The molecule has 27 heavy (non-hydrogen) atoms. The summed E-state index contributed by atoms with van der Waals surface area (Å²) in [5.74, 6) is -0.0761. The molecule has 6 heteroatoms. The average Bonchev–Trinajstić information content (AvgIpc) is 2.65. The lowest BCUT2D eigenvalue weighted by molar-refractivity contribution is -0.119. The molecule has 2 N–H and O–H groups in total. The molecule has 1 atom stereocenters. The van der Waals surface area contributed by atoms with Crippen LogP contribution in [-0.2, 0) is 16.0 Å². The van der Waals surface area contributed by atoms with Gasteiger partial charge in [0.25, 0.3) is 0 Å². The SMILES string of the molecule is CCN(C(=O)Cc1ccc(NC(=O)C(C)CNC)cc1)c1ccccc1.Cl. The minimum atomic E-state index is -0.106. The third-order valence-electron chi connectivity index (χ3n) is 4.22. The fourth-order valence-corrected chi connectivity index (χ4v) is 2.75. The number of carbonyl (C=O) groups excluding carboxylic acids is 2. The van der Waals surface area contributed by atoms with Gasteiger partial charge in [-0.3, -0.25) is 9.59 Å². The maximum absolute atomic E-state index is 12.6. The molecule has 2 aromatic rings. The lowest BCUT2D eigenvalue weighted by Gasteiger charge is -2.21. The van der Waals surface area contributed by atoms with Crippen molar-refractivity contribution in [3.8, 4) is 0 Å². The number of benzene rings is 2. The topological polar surface area (TPSA) is 61.4 Å². The summed E-state index contributed by atoms with van der Waals surface area (Å²) in [4.78, 5) is 26.4. The molecule has 0 aliphatic rings. The maximum Gasteiger partial charge on any atom is 0.231 e. The quantitative estimate of drug-likeness (QED) is 0.726. The van der Waals surface area contributed by atoms with Crippen LogP contribution < -0.4 is 15.5 Å². The van der Waals surface area contributed by atoms with Crippen molar-refractivity contribution >= 4 is 35.6 Å². The Balaban J connectivity index is 0.00000364. The molecule has 0 heterocycles. The molecule has 2 rings (SSSR count). The maximum atomic E-state index is 12.6. The van der Waals surface area contributed by atoms with Crippen LogP contribution in [0.4, 0.5) is 11.4 Å². The minimum absolute atomic E-state index is 0. The molecular weight excluding hydrogens is 362 g/mol. The second-order valence-corrected chi connectivity index (χ2v) is 6.30. The van der Waals surface area contributed by atoms with Crippen LogP contribution in [0.2, 0.25) is 0 Å². The summed E-state index contributed by atoms with van der Waals surface area (Å²) in [6, 6.07) is 17.1. The van der Waals surface area contributed by atoms with E-state index in [1.54, 1.807) is 4.90 Å². The third kappa shape index (κ3) is 6.70. The summed E-state index contributed by atoms with van der Waals surface area (Å²) in [5, 5.41) is 5.88. The molecule has 0 saturated heterocycles. The molecule has 0 bridgehead atoms. The van der Waals surface area contributed by atoms with Crippen molar-refractivity contribution in [2.45, 2.75) is 20.3 Å². The highest BCUT2D eigenvalue weighted by molar-refractivity contribution is 5.95. The van der Waals surface area contributed by atoms with Gasteiger partial charge in [0, 0.05) is 30.4 Å². The number of hydrogen-bond donors (Lipinski definition) is 2. The third-order valence-corrected chi connectivity index (χ3v) is 4.22. The predicted octanol–water partition coefficient (Wildman–Crippen LogP) is 3.50. The van der Waals surface area contributed by atoms with E-state index in [1.807, 2.05) is 75.5 Å². The molecule has 1 unspecified atom stereocenters. The zero-order valence-corrected chi connectivity index (χ0v) is 16.9. The second-order valence-electron chi connectivity index (χ2n) is 6.30. The predicted molar refractivity (Wildman–Crippen MR) is 114 cm³/mol. The zero-order chi connectivity index (χ0) is 18.9. The highest BCUT2D eigenvalue weighted by atomic mass is 35.5. The number of hydrogen-bond acceptors (Lipinski definition) is 3. The van der Waals surface area contributed by atoms with Crippen molar-refractivity contribution in [2.24, 2.45) is 5.92 Å². The number of nitrogens with one attached hydrogen (secondary N) is 2. The molecule has 146 valence electrons. The van der Waals surface area contributed by atoms with Crippen LogP contribution in [0.3, 0.4) is 0 Å². The van der Waals surface area contributed by atoms with Crippen LogP contribution in [0.5, 0.6) is 0 Å². The van der Waals surface area contributed by atoms with Gasteiger partial charge in [0.1, 0.15) is 0 Å². The van der Waals surface area contributed by atoms with Gasteiger partial charge in [-0.05, 0) is 43.8 Å². The van der Waals surface area contributed by atoms with Gasteiger partial charge in [-0.2, -0.15) is 0 Å². The Hall–Kier alpha value is -2.37. The smallest absolute Gasteiger partial charge is 0.231 e. The van der Waals surface area contributed by atoms with Gasteiger partial charge in [0.15, 0.2) is 0 Å². The first-order chi connectivity index (χ1) is 12.5. The van der Waals surface area contributed by atoms with Gasteiger partial charge in [-0.1, -0.05) is 37.3 Å². The van der Waals surface area contributed by atoms with Crippen LogP contribution in [0.1, 0.15) is 19.4 Å². The Morgan fingerprint density at radius 2 is 1.67 bits per heavy atom. The number of rotatable bonds is 8. The van der Waals surface area contributed by atoms with E-state index < -0.39 is 0 Å². The van der Waals surface area contributed by atoms with Crippen molar-refractivity contribution in [2.75, 3.05) is 30.4 Å². The summed E-state index contributed by atoms with van der Waals surface area (Å²) < 4.78 is 0. The Labute approximate surface area is 167 Å². The summed E-state index contributed by atoms with van der Waals surface area (Å²) in [5.41, 5.74) is 2.57. The van der Waals surface area contributed by atoms with E-state index >= 15 is 0 Å². The van der Waals surface area contributed by atoms with Crippen LogP contribution in [0.25, 0.3) is 0 Å². The summed E-state index contributed by atoms with van der Waals surface area (Å²) >= 11 is 0. The van der Waals surface area contributed by atoms with Crippen molar-refractivity contribution in [1.82, 2.24) is 5.32 Å². The summed E-state index contributed by atoms with van der Waals surface area (Å²) in [6.45, 7) is 5.10. The van der Waals surface area contributed by atoms with Crippen molar-refractivity contribution in [1.29, 1.82) is 0 Å². The van der Waals surface area contributed by atoms with E-state index in [4.69, 9.17) is 0 Å². The molecule has 0 saturated carbocycles. The molecule has 0 spiro atoms. The van der Waals surface area contributed by atoms with Gasteiger partial charge < -0.3 is 15.5 Å². The van der Waals surface area contributed by atoms with Crippen molar-refractivity contribution < 1.29 is 9.59 Å². The van der Waals surface area contributed by atoms with E-state index in [1.165, 1.54) is 0 Å². The summed E-state index contributed by atoms with van der Waals surface area (Å²) in [7, 11) is 1.82. The fraction of sp³-hybridized carbons (Fsp3) is 0.333. The molecular formula is C21H28ClN3O2. The summed E-state index contributed by atoms with van der Waals surface area (Å²) in [6.07, 6.45) is 0.327. The largest absolute Gasteiger partial charge is 0.326 e. The first kappa shape index (κ1) is 22.7. The average molecular weight is 390 g/mol. The first-order valence-electron chi connectivity index (χ1n) is 8.95. The van der Waals surface area contributed by atoms with Crippen LogP contribution >= 0.6 is 12.4 Å². The molecule has 0 aliphatic carbocycles. The number of nitrogens with zero attached hydrogens (tertiary/aromatic N) is 1. The fourth-order valence-electron chi connectivity index (χ4n) is 2.75. The molecule has 0 radical (unpaired) electrons. The molecule has 2 amide bonds. The molecule has 5 nitrogen and oxygen atoms in total. The van der Waals surface area contributed by atoms with E-state index in [0.717, 1.165) is 16.9 Å².